The van der Waals surface area contributed by atoms with Crippen LogP contribution in [0.3, 0.4) is 0 Å². The third-order valence-electron chi connectivity index (χ3n) is 4.26. The number of pyridine rings is 1. The van der Waals surface area contributed by atoms with Crippen LogP contribution < -0.4 is 5.32 Å². The molecule has 0 aliphatic heterocycles. The van der Waals surface area contributed by atoms with E-state index in [0.29, 0.717) is 5.82 Å². The van der Waals surface area contributed by atoms with E-state index in [1.54, 1.807) is 6.07 Å². The van der Waals surface area contributed by atoms with Crippen molar-refractivity contribution in [2.24, 2.45) is 5.41 Å². The Morgan fingerprint density at radius 2 is 2.19 bits per heavy atom. The number of aromatic carboxylic acids is 1. The van der Waals surface area contributed by atoms with Gasteiger partial charge in [-0.15, -0.1) is 0 Å². The number of carbonyl (C=O) groups is 1. The Bertz CT molecular complexity index is 470. The molecule has 1 aromatic rings. The van der Waals surface area contributed by atoms with Gasteiger partial charge in [0.15, 0.2) is 5.69 Å². The first-order chi connectivity index (χ1) is 10.2. The van der Waals surface area contributed by atoms with Gasteiger partial charge in [-0.2, -0.15) is 0 Å². The van der Waals surface area contributed by atoms with Gasteiger partial charge in [-0.25, -0.2) is 9.78 Å². The van der Waals surface area contributed by atoms with Gasteiger partial charge in [-0.05, 0) is 43.7 Å². The van der Waals surface area contributed by atoms with Crippen LogP contribution in [0.15, 0.2) is 18.2 Å². The third-order valence-corrected chi connectivity index (χ3v) is 4.26. The van der Waals surface area contributed by atoms with Crippen LogP contribution in [0.4, 0.5) is 5.82 Å². The van der Waals surface area contributed by atoms with E-state index in [9.17, 15) is 4.79 Å². The molecule has 1 aromatic heterocycles. The Hall–Kier alpha value is -1.62. The second-order valence-electron chi connectivity index (χ2n) is 5.72. The number of ether oxygens (including phenoxy) is 1. The van der Waals surface area contributed by atoms with Crippen molar-refractivity contribution in [3.8, 4) is 0 Å². The molecule has 0 spiro atoms. The monoisotopic (exact) mass is 292 g/mol. The number of nitrogens with zero attached hydrogens (tertiary/aromatic N) is 1. The summed E-state index contributed by atoms with van der Waals surface area (Å²) in [6, 6.07) is 5.05. The lowest BCUT2D eigenvalue weighted by Crippen LogP contribution is -2.28. The maximum Gasteiger partial charge on any atom is 0.354 e. The molecule has 0 amide bonds. The van der Waals surface area contributed by atoms with E-state index >= 15 is 0 Å². The molecule has 21 heavy (non-hydrogen) atoms. The maximum atomic E-state index is 10.9. The topological polar surface area (TPSA) is 71.5 Å². The van der Waals surface area contributed by atoms with Gasteiger partial charge in [0.1, 0.15) is 5.82 Å². The summed E-state index contributed by atoms with van der Waals surface area (Å²) in [7, 11) is 0. The van der Waals surface area contributed by atoms with Crippen LogP contribution in [0.25, 0.3) is 0 Å². The molecule has 5 heteroatoms. The van der Waals surface area contributed by atoms with Crippen molar-refractivity contribution in [2.75, 3.05) is 25.1 Å². The van der Waals surface area contributed by atoms with Crippen LogP contribution in [0.1, 0.15) is 49.5 Å². The molecule has 2 N–H and O–H groups in total. The smallest absolute Gasteiger partial charge is 0.354 e. The molecule has 0 aromatic carbocycles. The minimum Gasteiger partial charge on any atom is -0.477 e. The molecule has 0 saturated heterocycles. The van der Waals surface area contributed by atoms with Gasteiger partial charge in [0.2, 0.25) is 0 Å². The average Bonchev–Trinajstić information content (AvgIpc) is 2.95. The zero-order valence-corrected chi connectivity index (χ0v) is 12.6. The summed E-state index contributed by atoms with van der Waals surface area (Å²) in [5.41, 5.74) is 0.339. The average molecular weight is 292 g/mol. The molecular weight excluding hydrogens is 268 g/mol. The quantitative estimate of drug-likeness (QED) is 0.720. The lowest BCUT2D eigenvalue weighted by Gasteiger charge is -2.29. The molecule has 0 bridgehead atoms. The molecule has 1 aliphatic carbocycles. The van der Waals surface area contributed by atoms with Crippen LogP contribution in [-0.4, -0.2) is 35.8 Å². The molecule has 0 unspecified atom stereocenters. The predicted molar refractivity (Wildman–Crippen MR) is 81.7 cm³/mol. The standard InChI is InChI=1S/C16H24N2O3/c1-2-21-11-10-16(8-3-4-9-16)12-17-14-7-5-6-13(18-14)15(19)20/h5-7H,2-4,8-12H2,1H3,(H,17,18)(H,19,20). The van der Waals surface area contributed by atoms with Gasteiger partial charge >= 0.3 is 5.97 Å². The number of hydrogen-bond acceptors (Lipinski definition) is 4. The molecule has 0 atom stereocenters. The second kappa shape index (κ2) is 7.41. The van der Waals surface area contributed by atoms with Crippen molar-refractivity contribution in [1.29, 1.82) is 0 Å². The summed E-state index contributed by atoms with van der Waals surface area (Å²) < 4.78 is 5.50. The van der Waals surface area contributed by atoms with Crippen molar-refractivity contribution >= 4 is 11.8 Å². The predicted octanol–water partition coefficient (Wildman–Crippen LogP) is 3.18. The van der Waals surface area contributed by atoms with Gasteiger partial charge in [-0.3, -0.25) is 0 Å². The molecule has 1 heterocycles. The second-order valence-corrected chi connectivity index (χ2v) is 5.72. The Morgan fingerprint density at radius 3 is 2.86 bits per heavy atom. The van der Waals surface area contributed by atoms with Gasteiger partial charge in [-0.1, -0.05) is 18.9 Å². The first-order valence-corrected chi connectivity index (χ1v) is 7.67. The van der Waals surface area contributed by atoms with Gasteiger partial charge in [0.25, 0.3) is 0 Å². The normalized spacial score (nSPS) is 16.8. The zero-order chi connectivity index (χ0) is 15.1. The number of carboxylic acids is 1. The Labute approximate surface area is 125 Å². The number of carboxylic acid groups (broad SMARTS) is 1. The number of nitrogens with one attached hydrogen (secondary N) is 1. The fraction of sp³-hybridized carbons (Fsp3) is 0.625. The van der Waals surface area contributed by atoms with Crippen LogP contribution in [0.5, 0.6) is 0 Å². The van der Waals surface area contributed by atoms with Crippen LogP contribution in [0, 0.1) is 5.41 Å². The van der Waals surface area contributed by atoms with E-state index in [2.05, 4.69) is 10.3 Å². The third kappa shape index (κ3) is 4.43. The van der Waals surface area contributed by atoms with Gasteiger partial charge < -0.3 is 15.2 Å². The fourth-order valence-electron chi connectivity index (χ4n) is 3.00. The largest absolute Gasteiger partial charge is 0.477 e. The van der Waals surface area contributed by atoms with Crippen LogP contribution >= 0.6 is 0 Å². The van der Waals surface area contributed by atoms with Crippen LogP contribution in [-0.2, 0) is 4.74 Å². The van der Waals surface area contributed by atoms with E-state index in [0.717, 1.165) is 26.2 Å². The summed E-state index contributed by atoms with van der Waals surface area (Å²) >= 11 is 0. The Morgan fingerprint density at radius 1 is 1.43 bits per heavy atom. The fourth-order valence-corrected chi connectivity index (χ4v) is 3.00. The SMILES string of the molecule is CCOCCC1(CNc2cccc(C(=O)O)n2)CCCC1. The highest BCUT2D eigenvalue weighted by atomic mass is 16.5. The summed E-state index contributed by atoms with van der Waals surface area (Å²) in [6.45, 7) is 4.39. The highest BCUT2D eigenvalue weighted by molar-refractivity contribution is 5.85. The number of anilines is 1. The van der Waals surface area contributed by atoms with Crippen LogP contribution in [0.2, 0.25) is 0 Å². The number of aromatic nitrogens is 1. The van der Waals surface area contributed by atoms with Crippen molar-refractivity contribution in [2.45, 2.75) is 39.0 Å². The molecule has 116 valence electrons. The van der Waals surface area contributed by atoms with Gasteiger partial charge in [0, 0.05) is 19.8 Å². The minimum atomic E-state index is -0.995. The molecule has 2 rings (SSSR count). The Kier molecular flexibility index (Phi) is 5.56. The van der Waals surface area contributed by atoms with E-state index in [4.69, 9.17) is 9.84 Å². The minimum absolute atomic E-state index is 0.0785. The molecule has 0 radical (unpaired) electrons. The maximum absolute atomic E-state index is 10.9. The summed E-state index contributed by atoms with van der Waals surface area (Å²) in [4.78, 5) is 15.1. The van der Waals surface area contributed by atoms with Gasteiger partial charge in [0.05, 0.1) is 0 Å². The molecule has 1 fully saturated rings. The summed E-state index contributed by atoms with van der Waals surface area (Å²) in [5, 5.41) is 12.3. The van der Waals surface area contributed by atoms with E-state index in [1.165, 1.54) is 31.7 Å². The van der Waals surface area contributed by atoms with Crippen molar-refractivity contribution in [3.63, 3.8) is 0 Å². The first-order valence-electron chi connectivity index (χ1n) is 7.67. The highest BCUT2D eigenvalue weighted by Gasteiger charge is 2.33. The summed E-state index contributed by atoms with van der Waals surface area (Å²) in [6.07, 6.45) is 5.97. The number of hydrogen-bond donors (Lipinski definition) is 2. The molecule has 1 saturated carbocycles. The first kappa shape index (κ1) is 15.8. The summed E-state index contributed by atoms with van der Waals surface area (Å²) in [5.74, 6) is -0.358. The van der Waals surface area contributed by atoms with Crippen molar-refractivity contribution in [1.82, 2.24) is 4.98 Å². The molecule has 5 nitrogen and oxygen atoms in total. The molecule has 1 aliphatic rings. The van der Waals surface area contributed by atoms with E-state index in [1.807, 2.05) is 13.0 Å². The Balaban J connectivity index is 1.95. The molecular formula is C16H24N2O3. The van der Waals surface area contributed by atoms with E-state index < -0.39 is 5.97 Å². The van der Waals surface area contributed by atoms with E-state index in [-0.39, 0.29) is 11.1 Å². The van der Waals surface area contributed by atoms with Crippen molar-refractivity contribution in [3.05, 3.63) is 23.9 Å². The lowest BCUT2D eigenvalue weighted by atomic mass is 9.83. The lowest BCUT2D eigenvalue weighted by molar-refractivity contribution is 0.0690. The zero-order valence-electron chi connectivity index (χ0n) is 12.6. The number of rotatable bonds is 8. The van der Waals surface area contributed by atoms with Crippen molar-refractivity contribution < 1.29 is 14.6 Å². The highest BCUT2D eigenvalue weighted by Crippen LogP contribution is 2.41.